The minimum atomic E-state index is 0.420. The number of nitrogens with zero attached hydrogens (tertiary/aromatic N) is 1. The van der Waals surface area contributed by atoms with E-state index >= 15 is 0 Å². The molecular formula is C11H18N2O. The lowest BCUT2D eigenvalue weighted by Gasteiger charge is -2.23. The number of hydrogen-bond acceptors (Lipinski definition) is 2. The van der Waals surface area contributed by atoms with E-state index in [1.165, 1.54) is 19.3 Å². The van der Waals surface area contributed by atoms with E-state index in [0.29, 0.717) is 11.9 Å². The summed E-state index contributed by atoms with van der Waals surface area (Å²) in [6.45, 7) is 3.17. The summed E-state index contributed by atoms with van der Waals surface area (Å²) in [6.07, 6.45) is 4.61. The van der Waals surface area contributed by atoms with Gasteiger partial charge in [-0.25, -0.2) is 0 Å². The van der Waals surface area contributed by atoms with E-state index < -0.39 is 0 Å². The number of hydrogen-bond donors (Lipinski definition) is 1. The predicted molar refractivity (Wildman–Crippen MR) is 53.8 cm³/mol. The minimum Gasteiger partial charge on any atom is -0.338 e. The largest absolute Gasteiger partial charge is 0.338 e. The van der Waals surface area contributed by atoms with E-state index in [2.05, 4.69) is 10.2 Å². The van der Waals surface area contributed by atoms with Gasteiger partial charge in [-0.1, -0.05) is 0 Å². The van der Waals surface area contributed by atoms with Gasteiger partial charge in [-0.15, -0.1) is 0 Å². The van der Waals surface area contributed by atoms with Crippen LogP contribution in [0.5, 0.6) is 0 Å². The minimum absolute atomic E-state index is 0.420. The second kappa shape index (κ2) is 3.23. The number of fused-ring (bicyclic) bond motifs is 1. The van der Waals surface area contributed by atoms with Crippen LogP contribution in [0.2, 0.25) is 0 Å². The molecule has 0 aromatic carbocycles. The van der Waals surface area contributed by atoms with Crippen LogP contribution in [-0.4, -0.2) is 36.5 Å². The Balaban J connectivity index is 1.63. The second-order valence-electron chi connectivity index (χ2n) is 5.01. The lowest BCUT2D eigenvalue weighted by Crippen LogP contribution is -2.39. The van der Waals surface area contributed by atoms with Gasteiger partial charge in [-0.2, -0.15) is 0 Å². The van der Waals surface area contributed by atoms with Gasteiger partial charge in [-0.05, 0) is 31.1 Å². The topological polar surface area (TPSA) is 32.3 Å². The van der Waals surface area contributed by atoms with Gasteiger partial charge >= 0.3 is 0 Å². The molecule has 3 rings (SSSR count). The molecule has 2 aliphatic heterocycles. The van der Waals surface area contributed by atoms with Crippen LogP contribution in [0.4, 0.5) is 0 Å². The zero-order chi connectivity index (χ0) is 9.54. The zero-order valence-electron chi connectivity index (χ0n) is 8.54. The van der Waals surface area contributed by atoms with Crippen molar-refractivity contribution in [3.05, 3.63) is 0 Å². The Labute approximate surface area is 84.8 Å². The van der Waals surface area contributed by atoms with E-state index in [0.717, 1.165) is 37.9 Å². The van der Waals surface area contributed by atoms with Crippen molar-refractivity contribution >= 4 is 5.91 Å². The molecule has 0 spiro atoms. The first kappa shape index (κ1) is 8.72. The van der Waals surface area contributed by atoms with Crippen LogP contribution in [0.1, 0.15) is 25.7 Å². The molecule has 1 aliphatic carbocycles. The van der Waals surface area contributed by atoms with E-state index in [-0.39, 0.29) is 0 Å². The Bertz CT molecular complexity index is 250. The highest BCUT2D eigenvalue weighted by atomic mass is 16.2. The molecule has 0 aromatic rings. The molecule has 2 saturated heterocycles. The van der Waals surface area contributed by atoms with Gasteiger partial charge in [0.25, 0.3) is 0 Å². The van der Waals surface area contributed by atoms with Gasteiger partial charge in [0, 0.05) is 32.1 Å². The molecular weight excluding hydrogens is 176 g/mol. The van der Waals surface area contributed by atoms with Gasteiger partial charge in [-0.3, -0.25) is 4.79 Å². The van der Waals surface area contributed by atoms with Crippen LogP contribution in [0.3, 0.4) is 0 Å². The SMILES string of the molecule is O=C(CC1CC1)N1CC[C@@H]2CNC[C@@H]21. The fourth-order valence-corrected chi connectivity index (χ4v) is 2.85. The Morgan fingerprint density at radius 3 is 2.93 bits per heavy atom. The smallest absolute Gasteiger partial charge is 0.223 e. The van der Waals surface area contributed by atoms with Gasteiger partial charge < -0.3 is 10.2 Å². The third kappa shape index (κ3) is 1.44. The van der Waals surface area contributed by atoms with Crippen molar-refractivity contribution in [2.24, 2.45) is 11.8 Å². The molecule has 0 unspecified atom stereocenters. The zero-order valence-corrected chi connectivity index (χ0v) is 8.54. The summed E-state index contributed by atoms with van der Waals surface area (Å²) in [7, 11) is 0. The van der Waals surface area contributed by atoms with Gasteiger partial charge in [0.15, 0.2) is 0 Å². The van der Waals surface area contributed by atoms with E-state index in [1.54, 1.807) is 0 Å². The van der Waals surface area contributed by atoms with Gasteiger partial charge in [0.1, 0.15) is 0 Å². The monoisotopic (exact) mass is 194 g/mol. The molecule has 14 heavy (non-hydrogen) atoms. The van der Waals surface area contributed by atoms with E-state index in [4.69, 9.17) is 0 Å². The highest BCUT2D eigenvalue weighted by Crippen LogP contribution is 2.35. The average molecular weight is 194 g/mol. The lowest BCUT2D eigenvalue weighted by atomic mass is 10.1. The number of amides is 1. The molecule has 3 nitrogen and oxygen atoms in total. The highest BCUT2D eigenvalue weighted by Gasteiger charge is 2.40. The Kier molecular flexibility index (Phi) is 2.01. The number of carbonyl (C=O) groups excluding carboxylic acids is 1. The van der Waals surface area contributed by atoms with E-state index in [1.807, 2.05) is 0 Å². The first-order valence-electron chi connectivity index (χ1n) is 5.85. The fraction of sp³-hybridized carbons (Fsp3) is 0.909. The normalized spacial score (nSPS) is 36.1. The summed E-state index contributed by atoms with van der Waals surface area (Å²) in [5, 5.41) is 3.38. The van der Waals surface area contributed by atoms with Crippen molar-refractivity contribution < 1.29 is 4.79 Å². The summed E-state index contributed by atoms with van der Waals surface area (Å²) < 4.78 is 0. The maximum atomic E-state index is 11.9. The molecule has 3 fully saturated rings. The summed E-state index contributed by atoms with van der Waals surface area (Å²) in [4.78, 5) is 14.1. The highest BCUT2D eigenvalue weighted by molar-refractivity contribution is 5.77. The molecule has 2 atom stereocenters. The first-order chi connectivity index (χ1) is 6.84. The van der Waals surface area contributed by atoms with Crippen LogP contribution in [0, 0.1) is 11.8 Å². The molecule has 78 valence electrons. The molecule has 1 amide bonds. The van der Waals surface area contributed by atoms with Crippen LogP contribution in [0.15, 0.2) is 0 Å². The van der Waals surface area contributed by atoms with Gasteiger partial charge in [0.05, 0.1) is 0 Å². The quantitative estimate of drug-likeness (QED) is 0.698. The van der Waals surface area contributed by atoms with Crippen LogP contribution < -0.4 is 5.32 Å². The van der Waals surface area contributed by atoms with Crippen LogP contribution in [0.25, 0.3) is 0 Å². The fourth-order valence-electron chi connectivity index (χ4n) is 2.85. The number of nitrogens with one attached hydrogen (secondary N) is 1. The molecule has 3 heteroatoms. The Hall–Kier alpha value is -0.570. The Morgan fingerprint density at radius 2 is 2.14 bits per heavy atom. The van der Waals surface area contributed by atoms with E-state index in [9.17, 15) is 4.79 Å². The maximum absolute atomic E-state index is 11.9. The maximum Gasteiger partial charge on any atom is 0.223 e. The third-order valence-electron chi connectivity index (χ3n) is 3.93. The standard InChI is InChI=1S/C11H18N2O/c14-11(5-8-1-2-8)13-4-3-9-6-12-7-10(9)13/h8-10,12H,1-7H2/t9-,10+/m1/s1. The third-order valence-corrected chi connectivity index (χ3v) is 3.93. The summed E-state index contributed by atoms with van der Waals surface area (Å²) in [6, 6.07) is 0.529. The lowest BCUT2D eigenvalue weighted by molar-refractivity contribution is -0.132. The number of likely N-dealkylation sites (tertiary alicyclic amines) is 1. The van der Waals surface area contributed by atoms with Crippen molar-refractivity contribution in [2.45, 2.75) is 31.7 Å². The molecule has 0 aromatic heterocycles. The van der Waals surface area contributed by atoms with Crippen molar-refractivity contribution in [1.82, 2.24) is 10.2 Å². The number of rotatable bonds is 2. The second-order valence-corrected chi connectivity index (χ2v) is 5.01. The number of carbonyl (C=O) groups is 1. The van der Waals surface area contributed by atoms with Crippen molar-refractivity contribution in [1.29, 1.82) is 0 Å². The van der Waals surface area contributed by atoms with Crippen LogP contribution >= 0.6 is 0 Å². The molecule has 2 heterocycles. The predicted octanol–water partition coefficient (Wildman–Crippen LogP) is 0.607. The first-order valence-corrected chi connectivity index (χ1v) is 5.85. The summed E-state index contributed by atoms with van der Waals surface area (Å²) in [5.74, 6) is 1.90. The van der Waals surface area contributed by atoms with Gasteiger partial charge in [0.2, 0.25) is 5.91 Å². The van der Waals surface area contributed by atoms with Crippen molar-refractivity contribution in [3.8, 4) is 0 Å². The van der Waals surface area contributed by atoms with Crippen molar-refractivity contribution in [2.75, 3.05) is 19.6 Å². The average Bonchev–Trinajstić information content (AvgIpc) is 2.72. The summed E-state index contributed by atoms with van der Waals surface area (Å²) >= 11 is 0. The van der Waals surface area contributed by atoms with Crippen molar-refractivity contribution in [3.63, 3.8) is 0 Å². The summed E-state index contributed by atoms with van der Waals surface area (Å²) in [5.41, 5.74) is 0. The molecule has 0 bridgehead atoms. The van der Waals surface area contributed by atoms with Crippen LogP contribution in [-0.2, 0) is 4.79 Å². The molecule has 3 aliphatic rings. The molecule has 0 radical (unpaired) electrons. The Morgan fingerprint density at radius 1 is 1.29 bits per heavy atom. The molecule has 1 N–H and O–H groups in total. The molecule has 1 saturated carbocycles.